The molecule has 0 fully saturated rings. The van der Waals surface area contributed by atoms with E-state index in [1.165, 1.54) is 11.1 Å². The Balaban J connectivity index is 0.00000364. The zero-order valence-corrected chi connectivity index (χ0v) is 18.2. The first-order chi connectivity index (χ1) is 12.7. The van der Waals surface area contributed by atoms with E-state index in [1.807, 2.05) is 36.0 Å². The minimum Gasteiger partial charge on any atom is -0.466 e. The fraction of sp³-hybridized carbons (Fsp3) is 0.421. The molecule has 0 aliphatic rings. The van der Waals surface area contributed by atoms with E-state index in [1.54, 1.807) is 13.2 Å². The van der Waals surface area contributed by atoms with Crippen LogP contribution in [0.1, 0.15) is 30.9 Å². The second kappa shape index (κ2) is 13.1. The van der Waals surface area contributed by atoms with Gasteiger partial charge in [-0.3, -0.25) is 14.5 Å². The Morgan fingerprint density at radius 2 is 2.00 bits per heavy atom. The van der Waals surface area contributed by atoms with E-state index in [4.69, 9.17) is 4.74 Å². The van der Waals surface area contributed by atoms with Crippen LogP contribution in [-0.4, -0.2) is 41.9 Å². The Kier molecular flexibility index (Phi) is 11.2. The minimum absolute atomic E-state index is 0. The molecule has 7 nitrogen and oxygen atoms in total. The van der Waals surface area contributed by atoms with Crippen LogP contribution in [0.5, 0.6) is 0 Å². The third kappa shape index (κ3) is 8.42. The second-order valence-electron chi connectivity index (χ2n) is 5.73. The molecule has 27 heavy (non-hydrogen) atoms. The predicted octanol–water partition coefficient (Wildman–Crippen LogP) is 2.56. The maximum Gasteiger partial charge on any atom is 0.305 e. The van der Waals surface area contributed by atoms with Gasteiger partial charge in [-0.25, -0.2) is 0 Å². The van der Waals surface area contributed by atoms with E-state index < -0.39 is 0 Å². The summed E-state index contributed by atoms with van der Waals surface area (Å²) in [6.45, 7) is 4.29. The number of hydrogen-bond acceptors (Lipinski definition) is 4. The minimum atomic E-state index is -0.162. The molecule has 0 saturated carbocycles. The first kappa shape index (κ1) is 22.9. The van der Waals surface area contributed by atoms with Gasteiger partial charge in [0.1, 0.15) is 0 Å². The van der Waals surface area contributed by atoms with E-state index in [-0.39, 0.29) is 29.9 Å². The van der Waals surface area contributed by atoms with Crippen molar-refractivity contribution in [2.75, 3.05) is 20.2 Å². The molecule has 2 rings (SSSR count). The second-order valence-corrected chi connectivity index (χ2v) is 5.73. The Morgan fingerprint density at radius 1 is 1.22 bits per heavy atom. The molecule has 0 aliphatic carbocycles. The fourth-order valence-electron chi connectivity index (χ4n) is 2.52. The molecule has 0 atom stereocenters. The van der Waals surface area contributed by atoms with E-state index in [0.717, 1.165) is 6.54 Å². The number of esters is 1. The summed E-state index contributed by atoms with van der Waals surface area (Å²) < 4.78 is 6.82. The molecule has 8 heteroatoms. The molecular formula is C19H28IN5O2. The van der Waals surface area contributed by atoms with Crippen LogP contribution < -0.4 is 10.6 Å². The van der Waals surface area contributed by atoms with Crippen LogP contribution in [0.2, 0.25) is 0 Å². The molecule has 0 saturated heterocycles. The number of hydrogen-bond donors (Lipinski definition) is 2. The molecule has 2 aromatic rings. The van der Waals surface area contributed by atoms with Crippen molar-refractivity contribution in [3.63, 3.8) is 0 Å². The molecule has 0 radical (unpaired) electrons. The van der Waals surface area contributed by atoms with Gasteiger partial charge in [0, 0.05) is 39.0 Å². The molecular weight excluding hydrogens is 457 g/mol. The zero-order chi connectivity index (χ0) is 18.6. The average Bonchev–Trinajstić information content (AvgIpc) is 3.15. The van der Waals surface area contributed by atoms with Crippen molar-refractivity contribution in [1.82, 2.24) is 20.4 Å². The quantitative estimate of drug-likeness (QED) is 0.188. The highest BCUT2D eigenvalue weighted by Crippen LogP contribution is 2.10. The lowest BCUT2D eigenvalue weighted by atomic mass is 10.1. The van der Waals surface area contributed by atoms with Crippen LogP contribution in [0.15, 0.2) is 47.7 Å². The van der Waals surface area contributed by atoms with Crippen molar-refractivity contribution in [2.45, 2.75) is 32.9 Å². The van der Waals surface area contributed by atoms with Gasteiger partial charge in [0.15, 0.2) is 5.96 Å². The number of carbonyl (C=O) groups is 1. The van der Waals surface area contributed by atoms with Crippen LogP contribution >= 0.6 is 24.0 Å². The third-order valence-electron chi connectivity index (χ3n) is 3.84. The summed E-state index contributed by atoms with van der Waals surface area (Å²) >= 11 is 0. The molecule has 0 unspecified atom stereocenters. The molecule has 0 aliphatic heterocycles. The number of nitrogens with zero attached hydrogens (tertiary/aromatic N) is 3. The summed E-state index contributed by atoms with van der Waals surface area (Å²) in [6.07, 6.45) is 4.84. The third-order valence-corrected chi connectivity index (χ3v) is 3.84. The van der Waals surface area contributed by atoms with Crippen molar-refractivity contribution < 1.29 is 9.53 Å². The summed E-state index contributed by atoms with van der Waals surface area (Å²) in [5, 5.41) is 10.8. The van der Waals surface area contributed by atoms with E-state index in [2.05, 4.69) is 32.9 Å². The Hall–Kier alpha value is -2.10. The maximum absolute atomic E-state index is 11.3. The largest absolute Gasteiger partial charge is 0.466 e. The maximum atomic E-state index is 11.3. The van der Waals surface area contributed by atoms with E-state index in [0.29, 0.717) is 38.5 Å². The molecule has 1 aromatic heterocycles. The number of nitrogens with one attached hydrogen (secondary N) is 2. The first-order valence-electron chi connectivity index (χ1n) is 8.87. The number of halogens is 1. The summed E-state index contributed by atoms with van der Waals surface area (Å²) in [5.74, 6) is 0.549. The number of guanidine groups is 1. The lowest BCUT2D eigenvalue weighted by molar-refractivity contribution is -0.143. The summed E-state index contributed by atoms with van der Waals surface area (Å²) in [4.78, 5) is 15.6. The van der Waals surface area contributed by atoms with E-state index in [9.17, 15) is 4.79 Å². The van der Waals surface area contributed by atoms with Crippen LogP contribution in [-0.2, 0) is 22.6 Å². The first-order valence-corrected chi connectivity index (χ1v) is 8.87. The topological polar surface area (TPSA) is 80.5 Å². The summed E-state index contributed by atoms with van der Waals surface area (Å²) in [6, 6.07) is 10.2. The Labute approximate surface area is 177 Å². The molecule has 0 bridgehead atoms. The SMILES string of the molecule is CCOC(=O)CCCNC(=NC)NCc1ccccc1Cn1cccn1.I. The number of rotatable bonds is 9. The van der Waals surface area contributed by atoms with Gasteiger partial charge < -0.3 is 15.4 Å². The van der Waals surface area contributed by atoms with Crippen LogP contribution in [0.4, 0.5) is 0 Å². The smallest absolute Gasteiger partial charge is 0.305 e. The Morgan fingerprint density at radius 3 is 2.67 bits per heavy atom. The molecule has 0 amide bonds. The van der Waals surface area contributed by atoms with Crippen molar-refractivity contribution in [3.05, 3.63) is 53.9 Å². The van der Waals surface area contributed by atoms with Gasteiger partial charge in [-0.15, -0.1) is 24.0 Å². The molecule has 1 heterocycles. The molecule has 148 valence electrons. The van der Waals surface area contributed by atoms with Crippen molar-refractivity contribution in [1.29, 1.82) is 0 Å². The van der Waals surface area contributed by atoms with Gasteiger partial charge in [0.25, 0.3) is 0 Å². The molecule has 1 aromatic carbocycles. The van der Waals surface area contributed by atoms with Gasteiger partial charge in [-0.1, -0.05) is 24.3 Å². The molecule has 0 spiro atoms. The summed E-state index contributed by atoms with van der Waals surface area (Å²) in [7, 11) is 1.73. The van der Waals surface area contributed by atoms with E-state index >= 15 is 0 Å². The predicted molar refractivity (Wildman–Crippen MR) is 117 cm³/mol. The van der Waals surface area contributed by atoms with Crippen molar-refractivity contribution in [2.24, 2.45) is 4.99 Å². The summed E-state index contributed by atoms with van der Waals surface area (Å²) in [5.41, 5.74) is 2.40. The van der Waals surface area contributed by atoms with Crippen LogP contribution in [0, 0.1) is 0 Å². The zero-order valence-electron chi connectivity index (χ0n) is 15.9. The number of aromatic nitrogens is 2. The van der Waals surface area contributed by atoms with Gasteiger partial charge in [-0.05, 0) is 30.5 Å². The highest BCUT2D eigenvalue weighted by molar-refractivity contribution is 14.0. The highest BCUT2D eigenvalue weighted by atomic mass is 127. The number of ether oxygens (including phenoxy) is 1. The van der Waals surface area contributed by atoms with Gasteiger partial charge >= 0.3 is 5.97 Å². The lowest BCUT2D eigenvalue weighted by Gasteiger charge is -2.14. The number of carbonyl (C=O) groups excluding carboxylic acids is 1. The standard InChI is InChI=1S/C19H27N5O2.HI/c1-3-26-18(25)10-6-11-21-19(20-2)22-14-16-8-4-5-9-17(16)15-24-13-7-12-23-24;/h4-5,7-9,12-13H,3,6,10-11,14-15H2,1-2H3,(H2,20,21,22);1H. The lowest BCUT2D eigenvalue weighted by Crippen LogP contribution is -2.37. The number of benzene rings is 1. The normalized spacial score (nSPS) is 10.8. The highest BCUT2D eigenvalue weighted by Gasteiger charge is 2.05. The van der Waals surface area contributed by atoms with Crippen molar-refractivity contribution >= 4 is 35.9 Å². The van der Waals surface area contributed by atoms with Gasteiger partial charge in [0.05, 0.1) is 13.2 Å². The van der Waals surface area contributed by atoms with Crippen molar-refractivity contribution in [3.8, 4) is 0 Å². The number of aliphatic imine (C=N–C) groups is 1. The van der Waals surface area contributed by atoms with Crippen LogP contribution in [0.25, 0.3) is 0 Å². The van der Waals surface area contributed by atoms with Gasteiger partial charge in [-0.2, -0.15) is 5.10 Å². The molecule has 2 N–H and O–H groups in total. The van der Waals surface area contributed by atoms with Gasteiger partial charge in [0.2, 0.25) is 0 Å². The Bertz CT molecular complexity index is 704. The fourth-order valence-corrected chi connectivity index (χ4v) is 2.52. The monoisotopic (exact) mass is 485 g/mol. The van der Waals surface area contributed by atoms with Crippen LogP contribution in [0.3, 0.4) is 0 Å². The average molecular weight is 485 g/mol.